The van der Waals surface area contributed by atoms with Gasteiger partial charge in [0.25, 0.3) is 0 Å². The van der Waals surface area contributed by atoms with Crippen LogP contribution in [0.1, 0.15) is 19.8 Å². The van der Waals surface area contributed by atoms with Gasteiger partial charge in [0.2, 0.25) is 0 Å². The van der Waals surface area contributed by atoms with Crippen molar-refractivity contribution in [2.24, 2.45) is 0 Å². The van der Waals surface area contributed by atoms with Crippen molar-refractivity contribution in [1.29, 1.82) is 0 Å². The van der Waals surface area contributed by atoms with E-state index in [2.05, 4.69) is 12.2 Å². The predicted molar refractivity (Wildman–Crippen MR) is 29.4 cm³/mol. The van der Waals surface area contributed by atoms with Crippen LogP contribution >= 0.6 is 0 Å². The molecule has 0 atom stereocenters. The summed E-state index contributed by atoms with van der Waals surface area (Å²) in [5.41, 5.74) is 0. The van der Waals surface area contributed by atoms with Crippen LogP contribution in [0.2, 0.25) is 0 Å². The van der Waals surface area contributed by atoms with E-state index in [1.165, 1.54) is 0 Å². The molecular weight excluding hydrogens is 88.9 g/mol. The summed E-state index contributed by atoms with van der Waals surface area (Å²) in [6.07, 6.45) is 2.22. The van der Waals surface area contributed by atoms with Gasteiger partial charge in [-0.25, -0.2) is 0 Å². The van der Waals surface area contributed by atoms with Gasteiger partial charge in [0.05, 0.1) is 0 Å². The third-order valence-corrected chi connectivity index (χ3v) is 0.758. The molecule has 1 N–H and O–H groups in total. The van der Waals surface area contributed by atoms with E-state index in [1.54, 1.807) is 0 Å². The molecule has 0 aromatic heterocycles. The summed E-state index contributed by atoms with van der Waals surface area (Å²) in [7, 11) is 0.732. The van der Waals surface area contributed by atoms with E-state index >= 15 is 0 Å². The minimum absolute atomic E-state index is 0.732. The summed E-state index contributed by atoms with van der Waals surface area (Å²) >= 11 is 0. The predicted octanol–water partition coefficient (Wildman–Crippen LogP) is 0.341. The van der Waals surface area contributed by atoms with Gasteiger partial charge in [0, 0.05) is 0 Å². The van der Waals surface area contributed by atoms with Gasteiger partial charge in [-0.15, -0.1) is 0 Å². The van der Waals surface area contributed by atoms with Gasteiger partial charge < -0.3 is 0 Å². The third-order valence-electron chi connectivity index (χ3n) is 0.758. The van der Waals surface area contributed by atoms with Crippen LogP contribution in [0.15, 0.2) is 0 Å². The summed E-state index contributed by atoms with van der Waals surface area (Å²) in [4.78, 5) is 0. The zero-order chi connectivity index (χ0) is 5.54. The van der Waals surface area contributed by atoms with E-state index < -0.39 is 0 Å². The van der Waals surface area contributed by atoms with E-state index in [-0.39, 0.29) is 0 Å². The molecule has 2 nitrogen and oxygen atoms in total. The Morgan fingerprint density at radius 3 is 2.86 bits per heavy atom. The Labute approximate surface area is 44.6 Å². The zero-order valence-corrected chi connectivity index (χ0v) is 4.61. The van der Waals surface area contributed by atoms with Gasteiger partial charge in [-0.05, 0) is 0 Å². The van der Waals surface area contributed by atoms with Crippen LogP contribution in [-0.4, -0.2) is 13.8 Å². The van der Waals surface area contributed by atoms with Gasteiger partial charge in [0.15, 0.2) is 0 Å². The van der Waals surface area contributed by atoms with Crippen molar-refractivity contribution in [3.05, 3.63) is 0 Å². The van der Waals surface area contributed by atoms with Crippen molar-refractivity contribution >= 4 is 7.28 Å². The van der Waals surface area contributed by atoms with Crippen LogP contribution in [0.3, 0.4) is 0 Å². The quantitative estimate of drug-likeness (QED) is 0.406. The molecule has 0 rings (SSSR count). The first-order valence-corrected chi connectivity index (χ1v) is 2.59. The van der Waals surface area contributed by atoms with E-state index in [0.29, 0.717) is 0 Å². The van der Waals surface area contributed by atoms with Crippen molar-refractivity contribution in [1.82, 2.24) is 5.23 Å². The first-order chi connectivity index (χ1) is 3.41. The average Bonchev–Trinajstić information content (AvgIpc) is 1.69. The van der Waals surface area contributed by atoms with Crippen LogP contribution in [0.25, 0.3) is 0 Å². The normalized spacial score (nSPS) is 7.57. The van der Waals surface area contributed by atoms with Crippen LogP contribution in [-0.2, 0) is 4.70 Å². The van der Waals surface area contributed by atoms with E-state index in [4.69, 9.17) is 0 Å². The molecule has 0 heterocycles. The molecule has 0 radical (unpaired) electrons. The second kappa shape index (κ2) is 5.66. The van der Waals surface area contributed by atoms with Crippen molar-refractivity contribution in [3.63, 3.8) is 0 Å². The number of unbranched alkanes of at least 4 members (excludes halogenated alkanes) is 1. The molecule has 0 spiro atoms. The summed E-state index contributed by atoms with van der Waals surface area (Å²) in [6, 6.07) is 0. The first-order valence-electron chi connectivity index (χ1n) is 2.59. The van der Waals surface area contributed by atoms with Crippen molar-refractivity contribution in [2.75, 3.05) is 6.54 Å². The molecule has 0 bridgehead atoms. The second-order valence-electron chi connectivity index (χ2n) is 1.43. The van der Waals surface area contributed by atoms with Gasteiger partial charge in [0.1, 0.15) is 0 Å². The maximum atomic E-state index is 9.57. The summed E-state index contributed by atoms with van der Waals surface area (Å²) in [5.74, 6) is 0. The second-order valence-corrected chi connectivity index (χ2v) is 1.43. The average molecular weight is 98.9 g/mol. The molecule has 0 aliphatic rings. The Hall–Kier alpha value is -0.335. The first kappa shape index (κ1) is 6.66. The Kier molecular flexibility index (Phi) is 5.39. The molecule has 7 heavy (non-hydrogen) atoms. The molecule has 0 amide bonds. The van der Waals surface area contributed by atoms with Crippen molar-refractivity contribution in [2.45, 2.75) is 19.8 Å². The monoisotopic (exact) mass is 99.1 g/mol. The van der Waals surface area contributed by atoms with Gasteiger partial charge in [-0.1, -0.05) is 0 Å². The number of hydrogen-bond donors (Lipinski definition) is 1. The molecule has 0 saturated carbocycles. The van der Waals surface area contributed by atoms with Crippen LogP contribution in [0, 0.1) is 0 Å². The molecule has 0 aromatic carbocycles. The fraction of sp³-hybridized carbons (Fsp3) is 1.00. The number of nitrogens with one attached hydrogen (secondary N) is 1. The Bertz CT molecular complexity index is 49.0. The van der Waals surface area contributed by atoms with Crippen LogP contribution < -0.4 is 5.23 Å². The number of rotatable bonds is 4. The van der Waals surface area contributed by atoms with Gasteiger partial charge >= 0.3 is 43.5 Å². The summed E-state index contributed by atoms with van der Waals surface area (Å²) < 4.78 is 9.57. The van der Waals surface area contributed by atoms with E-state index in [9.17, 15) is 4.70 Å². The molecule has 0 unspecified atom stereocenters. The Balaban J connectivity index is 2.56. The molecule has 0 aliphatic carbocycles. The molecule has 3 heteroatoms. The molecule has 0 aliphatic heterocycles. The van der Waals surface area contributed by atoms with Crippen LogP contribution in [0.4, 0.5) is 0 Å². The van der Waals surface area contributed by atoms with Crippen LogP contribution in [0.5, 0.6) is 0 Å². The van der Waals surface area contributed by atoms with E-state index in [1.807, 2.05) is 0 Å². The molecule has 0 aromatic rings. The summed E-state index contributed by atoms with van der Waals surface area (Å²) in [6.45, 7) is 2.91. The number of hydrogen-bond acceptors (Lipinski definition) is 1. The van der Waals surface area contributed by atoms with Gasteiger partial charge in [-0.2, -0.15) is 0 Å². The van der Waals surface area contributed by atoms with Gasteiger partial charge in [-0.3, -0.25) is 0 Å². The molecular formula is C4H10BNO. The van der Waals surface area contributed by atoms with Crippen molar-refractivity contribution in [3.8, 4) is 0 Å². The van der Waals surface area contributed by atoms with E-state index in [0.717, 1.165) is 26.7 Å². The minimum atomic E-state index is 0.732. The topological polar surface area (TPSA) is 29.1 Å². The standard InChI is InChI=1S/C4H10BNO/c1-2-3-4-6-5-7/h6H,2-4H2,1H3. The zero-order valence-electron chi connectivity index (χ0n) is 4.61. The maximum absolute atomic E-state index is 9.57. The molecule has 0 fully saturated rings. The summed E-state index contributed by atoms with van der Waals surface area (Å²) in [5, 5.41) is 2.57. The Morgan fingerprint density at radius 2 is 2.43 bits per heavy atom. The molecule has 0 saturated heterocycles. The molecule has 40 valence electrons. The third kappa shape index (κ3) is 5.66. The SMILES string of the molecule is CCCCNB=O. The fourth-order valence-corrected chi connectivity index (χ4v) is 0.338. The van der Waals surface area contributed by atoms with Crippen molar-refractivity contribution < 1.29 is 4.70 Å². The Morgan fingerprint density at radius 1 is 1.71 bits per heavy atom. The fourth-order valence-electron chi connectivity index (χ4n) is 0.338.